The van der Waals surface area contributed by atoms with Crippen LogP contribution in [0.2, 0.25) is 0 Å². The number of hydrogen-bond acceptors (Lipinski definition) is 2. The van der Waals surface area contributed by atoms with Crippen LogP contribution >= 0.6 is 15.9 Å². The summed E-state index contributed by atoms with van der Waals surface area (Å²) < 4.78 is 0.794. The quantitative estimate of drug-likeness (QED) is 0.623. The monoisotopic (exact) mass is 247 g/mol. The lowest BCUT2D eigenvalue weighted by atomic mass is 10.2. The van der Waals surface area contributed by atoms with Crippen LogP contribution in [-0.4, -0.2) is 9.97 Å². The Morgan fingerprint density at radius 3 is 3.21 bits per heavy atom. The molecule has 1 N–H and O–H groups in total. The summed E-state index contributed by atoms with van der Waals surface area (Å²) in [4.78, 5) is 7.24. The van der Waals surface area contributed by atoms with Crippen LogP contribution in [0.4, 0.5) is 0 Å². The lowest BCUT2D eigenvalue weighted by molar-refractivity contribution is 1.30. The van der Waals surface area contributed by atoms with E-state index in [-0.39, 0.29) is 0 Å². The van der Waals surface area contributed by atoms with E-state index in [9.17, 15) is 0 Å². The minimum Gasteiger partial charge on any atom is -0.360 e. The number of hydrogen-bond donors (Lipinski definition) is 1. The summed E-state index contributed by atoms with van der Waals surface area (Å²) in [5, 5.41) is 9.42. The first-order valence-corrected chi connectivity index (χ1v) is 4.79. The Bertz CT molecular complexity index is 534. The van der Waals surface area contributed by atoms with Crippen LogP contribution in [0.5, 0.6) is 0 Å². The van der Waals surface area contributed by atoms with Gasteiger partial charge < -0.3 is 4.98 Å². The third-order valence-corrected chi connectivity index (χ3v) is 2.34. The van der Waals surface area contributed by atoms with Crippen molar-refractivity contribution in [1.29, 1.82) is 5.26 Å². The average Bonchev–Trinajstić information content (AvgIpc) is 2.57. The number of rotatable bonds is 1. The van der Waals surface area contributed by atoms with Crippen LogP contribution in [0.1, 0.15) is 5.56 Å². The van der Waals surface area contributed by atoms with Gasteiger partial charge in [0.05, 0.1) is 11.6 Å². The molecule has 0 atom stereocenters. The number of nitrogens with one attached hydrogen (secondary N) is 1. The van der Waals surface area contributed by atoms with E-state index in [0.29, 0.717) is 0 Å². The van der Waals surface area contributed by atoms with Gasteiger partial charge >= 0.3 is 0 Å². The summed E-state index contributed by atoms with van der Waals surface area (Å²) in [6.45, 7) is 0. The molecule has 0 aliphatic carbocycles. The maximum atomic E-state index is 8.41. The highest BCUT2D eigenvalue weighted by atomic mass is 79.9. The molecule has 0 aliphatic heterocycles. The van der Waals surface area contributed by atoms with Crippen molar-refractivity contribution in [3.63, 3.8) is 0 Å². The van der Waals surface area contributed by atoms with E-state index in [1.807, 2.05) is 18.3 Å². The molecule has 0 amide bonds. The second kappa shape index (κ2) is 3.64. The molecule has 3 nitrogen and oxygen atoms in total. The molecule has 0 saturated carbocycles. The number of H-pyrrole nitrogens is 1. The lowest BCUT2D eigenvalue weighted by Crippen LogP contribution is -1.75. The van der Waals surface area contributed by atoms with E-state index in [2.05, 4.69) is 25.9 Å². The third-order valence-electron chi connectivity index (χ3n) is 1.90. The Morgan fingerprint density at radius 1 is 1.57 bits per heavy atom. The molecule has 0 aromatic carbocycles. The van der Waals surface area contributed by atoms with Gasteiger partial charge in [0.25, 0.3) is 0 Å². The zero-order chi connectivity index (χ0) is 9.97. The molecule has 2 aromatic heterocycles. The fraction of sp³-hybridized carbons (Fsp3) is 0. The van der Waals surface area contributed by atoms with E-state index in [1.165, 1.54) is 6.08 Å². The van der Waals surface area contributed by atoms with E-state index in [4.69, 9.17) is 5.26 Å². The Hall–Kier alpha value is -1.60. The largest absolute Gasteiger partial charge is 0.360 e. The number of allylic oxidation sites excluding steroid dienone is 1. The van der Waals surface area contributed by atoms with E-state index >= 15 is 0 Å². The minimum absolute atomic E-state index is 0.794. The number of nitrogens with zero attached hydrogens (tertiary/aromatic N) is 2. The summed E-state index contributed by atoms with van der Waals surface area (Å²) in [5.74, 6) is 0. The van der Waals surface area contributed by atoms with Crippen molar-refractivity contribution < 1.29 is 0 Å². The number of pyridine rings is 1. The highest BCUT2D eigenvalue weighted by Gasteiger charge is 2.01. The van der Waals surface area contributed by atoms with Gasteiger partial charge in [-0.1, -0.05) is 0 Å². The summed E-state index contributed by atoms with van der Waals surface area (Å²) in [6.07, 6.45) is 6.83. The topological polar surface area (TPSA) is 52.5 Å². The maximum Gasteiger partial charge on any atom is 0.108 e. The molecule has 0 radical (unpaired) electrons. The molecule has 2 rings (SSSR count). The lowest BCUT2D eigenvalue weighted by Gasteiger charge is -1.91. The van der Waals surface area contributed by atoms with Crippen LogP contribution in [0.25, 0.3) is 17.0 Å². The van der Waals surface area contributed by atoms with Crippen molar-refractivity contribution in [2.24, 2.45) is 0 Å². The number of fused-ring (bicyclic) bond motifs is 1. The smallest absolute Gasteiger partial charge is 0.108 e. The number of aromatic amines is 1. The molecule has 0 saturated heterocycles. The van der Waals surface area contributed by atoms with Crippen molar-refractivity contribution in [3.8, 4) is 6.07 Å². The first-order chi connectivity index (χ1) is 6.81. The molecule has 0 aliphatic rings. The second-order valence-electron chi connectivity index (χ2n) is 2.76. The van der Waals surface area contributed by atoms with Gasteiger partial charge in [-0.15, -0.1) is 0 Å². The zero-order valence-corrected chi connectivity index (χ0v) is 8.75. The Morgan fingerprint density at radius 2 is 2.43 bits per heavy atom. The van der Waals surface area contributed by atoms with Gasteiger partial charge in [0, 0.05) is 29.4 Å². The molecule has 0 unspecified atom stereocenters. The zero-order valence-electron chi connectivity index (χ0n) is 7.16. The molecule has 0 bridgehead atoms. The molecule has 14 heavy (non-hydrogen) atoms. The van der Waals surface area contributed by atoms with Crippen molar-refractivity contribution in [2.75, 3.05) is 0 Å². The molecule has 2 aromatic rings. The highest BCUT2D eigenvalue weighted by Crippen LogP contribution is 2.20. The van der Waals surface area contributed by atoms with Gasteiger partial charge in [-0.2, -0.15) is 5.26 Å². The standard InChI is InChI=1S/C10H6BrN3/c11-10-4-9-8(6-14-10)7(5-13-9)2-1-3-12/h1-2,4-6,13H/b2-1+. The third kappa shape index (κ3) is 1.54. The molecule has 4 heteroatoms. The van der Waals surface area contributed by atoms with Crippen molar-refractivity contribution in [3.05, 3.63) is 34.7 Å². The summed E-state index contributed by atoms with van der Waals surface area (Å²) in [5.41, 5.74) is 1.98. The van der Waals surface area contributed by atoms with Gasteiger partial charge in [-0.05, 0) is 28.1 Å². The summed E-state index contributed by atoms with van der Waals surface area (Å²) in [6, 6.07) is 3.86. The highest BCUT2D eigenvalue weighted by molar-refractivity contribution is 9.10. The fourth-order valence-corrected chi connectivity index (χ4v) is 1.61. The van der Waals surface area contributed by atoms with Crippen LogP contribution < -0.4 is 0 Å². The van der Waals surface area contributed by atoms with Gasteiger partial charge in [0.15, 0.2) is 0 Å². The fourth-order valence-electron chi connectivity index (χ4n) is 1.28. The van der Waals surface area contributed by atoms with Crippen molar-refractivity contribution in [1.82, 2.24) is 9.97 Å². The number of halogens is 1. The van der Waals surface area contributed by atoms with Gasteiger partial charge in [-0.25, -0.2) is 4.98 Å². The van der Waals surface area contributed by atoms with Crippen LogP contribution in [-0.2, 0) is 0 Å². The molecular formula is C10H6BrN3. The summed E-state index contributed by atoms with van der Waals surface area (Å²) in [7, 11) is 0. The van der Waals surface area contributed by atoms with Gasteiger partial charge in [0.2, 0.25) is 0 Å². The Balaban J connectivity index is 2.59. The van der Waals surface area contributed by atoms with E-state index in [1.54, 1.807) is 12.3 Å². The van der Waals surface area contributed by atoms with Crippen LogP contribution in [0.15, 0.2) is 29.1 Å². The first-order valence-electron chi connectivity index (χ1n) is 4.00. The van der Waals surface area contributed by atoms with E-state index in [0.717, 1.165) is 21.1 Å². The Kier molecular flexibility index (Phi) is 2.33. The molecular weight excluding hydrogens is 242 g/mol. The molecule has 0 fully saturated rings. The van der Waals surface area contributed by atoms with Crippen LogP contribution in [0, 0.1) is 11.3 Å². The van der Waals surface area contributed by atoms with E-state index < -0.39 is 0 Å². The van der Waals surface area contributed by atoms with Gasteiger partial charge in [0.1, 0.15) is 4.60 Å². The molecule has 2 heterocycles. The maximum absolute atomic E-state index is 8.41. The van der Waals surface area contributed by atoms with Crippen molar-refractivity contribution in [2.45, 2.75) is 0 Å². The minimum atomic E-state index is 0.794. The van der Waals surface area contributed by atoms with Gasteiger partial charge in [-0.3, -0.25) is 0 Å². The average molecular weight is 248 g/mol. The summed E-state index contributed by atoms with van der Waals surface area (Å²) >= 11 is 3.29. The first kappa shape index (κ1) is 8.97. The second-order valence-corrected chi connectivity index (χ2v) is 3.57. The normalized spacial score (nSPS) is 10.9. The van der Waals surface area contributed by atoms with Crippen LogP contribution in [0.3, 0.4) is 0 Å². The number of aromatic nitrogens is 2. The molecule has 0 spiro atoms. The molecule has 68 valence electrons. The van der Waals surface area contributed by atoms with Crippen molar-refractivity contribution >= 4 is 32.9 Å². The predicted octanol–water partition coefficient (Wildman–Crippen LogP) is 2.86. The number of nitriles is 1. The Labute approximate surface area is 89.2 Å². The SMILES string of the molecule is N#C/C=C/c1c[nH]c2cc(Br)ncc12. The predicted molar refractivity (Wildman–Crippen MR) is 58.4 cm³/mol.